The van der Waals surface area contributed by atoms with Crippen molar-refractivity contribution < 1.29 is 24.2 Å². The number of carbonyl (C=O) groups excluding carboxylic acids is 1. The molecule has 0 saturated heterocycles. The SMILES string of the molecule is COc1cc(C)c(C(C)=O)cc1C(OC)C(=O)O. The summed E-state index contributed by atoms with van der Waals surface area (Å²) in [6.45, 7) is 3.20. The van der Waals surface area contributed by atoms with E-state index in [1.54, 1.807) is 13.0 Å². The molecule has 98 valence electrons. The molecule has 0 radical (unpaired) electrons. The van der Waals surface area contributed by atoms with Crippen molar-refractivity contribution in [1.82, 2.24) is 0 Å². The zero-order valence-corrected chi connectivity index (χ0v) is 10.8. The van der Waals surface area contributed by atoms with Crippen LogP contribution < -0.4 is 4.74 Å². The molecule has 0 fully saturated rings. The first-order valence-electron chi connectivity index (χ1n) is 5.37. The predicted molar refractivity (Wildman–Crippen MR) is 65.1 cm³/mol. The minimum atomic E-state index is -1.15. The Kier molecular flexibility index (Phi) is 4.44. The number of hydrogen-bond acceptors (Lipinski definition) is 4. The highest BCUT2D eigenvalue weighted by Crippen LogP contribution is 2.30. The molecule has 1 rings (SSSR count). The molecule has 1 aromatic carbocycles. The third kappa shape index (κ3) is 2.68. The highest BCUT2D eigenvalue weighted by Gasteiger charge is 2.24. The highest BCUT2D eigenvalue weighted by atomic mass is 16.5. The number of carboxylic acids is 1. The molecule has 0 heterocycles. The first kappa shape index (κ1) is 14.2. The molecule has 0 spiro atoms. The van der Waals surface area contributed by atoms with Gasteiger partial charge in [-0.3, -0.25) is 4.79 Å². The van der Waals surface area contributed by atoms with Gasteiger partial charge in [0.2, 0.25) is 0 Å². The molecule has 5 heteroatoms. The van der Waals surface area contributed by atoms with Crippen LogP contribution in [0.5, 0.6) is 5.75 Å². The average Bonchev–Trinajstić information content (AvgIpc) is 2.30. The van der Waals surface area contributed by atoms with Crippen LogP contribution in [-0.2, 0) is 9.53 Å². The lowest BCUT2D eigenvalue weighted by Gasteiger charge is -2.17. The van der Waals surface area contributed by atoms with E-state index in [9.17, 15) is 9.59 Å². The van der Waals surface area contributed by atoms with Crippen LogP contribution in [0.3, 0.4) is 0 Å². The molecule has 0 aliphatic rings. The number of benzene rings is 1. The number of aryl methyl sites for hydroxylation is 1. The smallest absolute Gasteiger partial charge is 0.337 e. The van der Waals surface area contributed by atoms with Crippen molar-refractivity contribution >= 4 is 11.8 Å². The van der Waals surface area contributed by atoms with Crippen LogP contribution in [0, 0.1) is 6.92 Å². The molecule has 0 aromatic heterocycles. The number of Topliss-reactive ketones (excluding diaryl/α,β-unsaturated/α-hetero) is 1. The predicted octanol–water partition coefficient (Wildman–Crippen LogP) is 1.98. The molecule has 1 unspecified atom stereocenters. The first-order valence-corrected chi connectivity index (χ1v) is 5.37. The van der Waals surface area contributed by atoms with Crippen LogP contribution >= 0.6 is 0 Å². The minimum absolute atomic E-state index is 0.128. The molecular weight excluding hydrogens is 236 g/mol. The second-order valence-electron chi connectivity index (χ2n) is 3.92. The molecule has 0 aliphatic heterocycles. The maximum Gasteiger partial charge on any atom is 0.337 e. The van der Waals surface area contributed by atoms with Crippen molar-refractivity contribution in [3.05, 3.63) is 28.8 Å². The Labute approximate surface area is 105 Å². The van der Waals surface area contributed by atoms with Gasteiger partial charge in [0.05, 0.1) is 7.11 Å². The van der Waals surface area contributed by atoms with Gasteiger partial charge in [0, 0.05) is 18.2 Å². The van der Waals surface area contributed by atoms with Gasteiger partial charge in [0.1, 0.15) is 5.75 Å². The fraction of sp³-hybridized carbons (Fsp3) is 0.385. The lowest BCUT2D eigenvalue weighted by atomic mass is 9.98. The second kappa shape index (κ2) is 5.64. The molecule has 1 atom stereocenters. The molecule has 0 aliphatic carbocycles. The third-order valence-corrected chi connectivity index (χ3v) is 2.70. The van der Waals surface area contributed by atoms with E-state index in [1.165, 1.54) is 27.2 Å². The Morgan fingerprint density at radius 1 is 1.28 bits per heavy atom. The second-order valence-corrected chi connectivity index (χ2v) is 3.92. The normalized spacial score (nSPS) is 12.0. The summed E-state index contributed by atoms with van der Waals surface area (Å²) < 4.78 is 10.1. The molecule has 5 nitrogen and oxygen atoms in total. The van der Waals surface area contributed by atoms with Crippen molar-refractivity contribution in [2.75, 3.05) is 14.2 Å². The number of carboxylic acid groups (broad SMARTS) is 1. The van der Waals surface area contributed by atoms with Crippen LogP contribution in [0.2, 0.25) is 0 Å². The maximum atomic E-state index is 11.5. The summed E-state index contributed by atoms with van der Waals surface area (Å²) in [5.41, 5.74) is 1.54. The number of hydrogen-bond donors (Lipinski definition) is 1. The van der Waals surface area contributed by atoms with Crippen molar-refractivity contribution in [2.24, 2.45) is 0 Å². The Morgan fingerprint density at radius 3 is 2.28 bits per heavy atom. The number of ether oxygens (including phenoxy) is 2. The van der Waals surface area contributed by atoms with Gasteiger partial charge in [-0.05, 0) is 31.5 Å². The van der Waals surface area contributed by atoms with Crippen LogP contribution in [0.25, 0.3) is 0 Å². The van der Waals surface area contributed by atoms with Crippen LogP contribution in [-0.4, -0.2) is 31.1 Å². The summed E-state index contributed by atoms with van der Waals surface area (Å²) >= 11 is 0. The summed E-state index contributed by atoms with van der Waals surface area (Å²) in [5, 5.41) is 9.08. The number of carbonyl (C=O) groups is 2. The van der Waals surface area contributed by atoms with E-state index in [0.29, 0.717) is 16.9 Å². The quantitative estimate of drug-likeness (QED) is 0.811. The highest BCUT2D eigenvalue weighted by molar-refractivity contribution is 5.96. The van der Waals surface area contributed by atoms with Gasteiger partial charge in [-0.1, -0.05) is 0 Å². The standard InChI is InChI=1S/C13H16O5/c1-7-5-11(17-3)10(6-9(7)8(2)14)12(18-4)13(15)16/h5-6,12H,1-4H3,(H,15,16). The molecular formula is C13H16O5. The van der Waals surface area contributed by atoms with Crippen molar-refractivity contribution in [3.8, 4) is 5.75 Å². The molecule has 0 bridgehead atoms. The minimum Gasteiger partial charge on any atom is -0.496 e. The monoisotopic (exact) mass is 252 g/mol. The van der Waals surface area contributed by atoms with Crippen molar-refractivity contribution in [3.63, 3.8) is 0 Å². The Morgan fingerprint density at radius 2 is 1.89 bits per heavy atom. The van der Waals surface area contributed by atoms with E-state index in [0.717, 1.165) is 5.56 Å². The molecule has 0 saturated carbocycles. The number of aliphatic carboxylic acids is 1. The van der Waals surface area contributed by atoms with E-state index in [4.69, 9.17) is 14.6 Å². The van der Waals surface area contributed by atoms with Crippen molar-refractivity contribution in [1.29, 1.82) is 0 Å². The van der Waals surface area contributed by atoms with Gasteiger partial charge in [0.25, 0.3) is 0 Å². The number of ketones is 1. The fourth-order valence-corrected chi connectivity index (χ4v) is 1.82. The van der Waals surface area contributed by atoms with Gasteiger partial charge in [-0.25, -0.2) is 4.79 Å². The summed E-state index contributed by atoms with van der Waals surface area (Å²) in [4.78, 5) is 22.6. The number of rotatable bonds is 5. The Hall–Kier alpha value is -1.88. The summed E-state index contributed by atoms with van der Waals surface area (Å²) in [6.07, 6.45) is -1.15. The molecule has 1 N–H and O–H groups in total. The van der Waals surface area contributed by atoms with Gasteiger partial charge >= 0.3 is 5.97 Å². The van der Waals surface area contributed by atoms with E-state index in [-0.39, 0.29) is 5.78 Å². The fourth-order valence-electron chi connectivity index (χ4n) is 1.82. The Balaban J connectivity index is 3.44. The largest absolute Gasteiger partial charge is 0.496 e. The summed E-state index contributed by atoms with van der Waals surface area (Å²) in [6, 6.07) is 3.15. The number of methoxy groups -OCH3 is 2. The lowest BCUT2D eigenvalue weighted by Crippen LogP contribution is -2.15. The Bertz CT molecular complexity index is 479. The van der Waals surface area contributed by atoms with E-state index in [2.05, 4.69) is 0 Å². The third-order valence-electron chi connectivity index (χ3n) is 2.70. The maximum absolute atomic E-state index is 11.5. The summed E-state index contributed by atoms with van der Waals surface area (Å²) in [7, 11) is 2.74. The van der Waals surface area contributed by atoms with Gasteiger partial charge < -0.3 is 14.6 Å². The van der Waals surface area contributed by atoms with E-state index in [1.807, 2.05) is 0 Å². The lowest BCUT2D eigenvalue weighted by molar-refractivity contribution is -0.149. The van der Waals surface area contributed by atoms with E-state index >= 15 is 0 Å². The van der Waals surface area contributed by atoms with Gasteiger partial charge in [-0.15, -0.1) is 0 Å². The summed E-state index contributed by atoms with van der Waals surface area (Å²) in [5.74, 6) is -0.863. The first-order chi connectivity index (χ1) is 8.42. The molecule has 0 amide bonds. The van der Waals surface area contributed by atoms with Crippen LogP contribution in [0.1, 0.15) is 34.5 Å². The van der Waals surface area contributed by atoms with E-state index < -0.39 is 12.1 Å². The van der Waals surface area contributed by atoms with Crippen molar-refractivity contribution in [2.45, 2.75) is 20.0 Å². The average molecular weight is 252 g/mol. The van der Waals surface area contributed by atoms with Gasteiger partial charge in [0.15, 0.2) is 11.9 Å². The molecule has 18 heavy (non-hydrogen) atoms. The topological polar surface area (TPSA) is 72.8 Å². The zero-order chi connectivity index (χ0) is 13.9. The molecule has 1 aromatic rings. The van der Waals surface area contributed by atoms with Crippen LogP contribution in [0.15, 0.2) is 12.1 Å². The zero-order valence-electron chi connectivity index (χ0n) is 10.8. The van der Waals surface area contributed by atoms with Crippen LogP contribution in [0.4, 0.5) is 0 Å². The van der Waals surface area contributed by atoms with Gasteiger partial charge in [-0.2, -0.15) is 0 Å².